The zero-order valence-corrected chi connectivity index (χ0v) is 10.9. The third kappa shape index (κ3) is 3.35. The van der Waals surface area contributed by atoms with E-state index in [-0.39, 0.29) is 0 Å². The van der Waals surface area contributed by atoms with E-state index in [2.05, 4.69) is 31.3 Å². The van der Waals surface area contributed by atoms with E-state index in [0.29, 0.717) is 0 Å². The molecule has 0 spiro atoms. The molecule has 0 aromatic rings. The molecule has 0 amide bonds. The Morgan fingerprint density at radius 3 is 2.69 bits per heavy atom. The van der Waals surface area contributed by atoms with E-state index >= 15 is 0 Å². The van der Waals surface area contributed by atoms with Crippen LogP contribution in [0, 0.1) is 23.7 Å². The molecular formula is C15H27N. The smallest absolute Gasteiger partial charge is 0.00147 e. The Bertz CT molecular complexity index is 232. The molecule has 16 heavy (non-hydrogen) atoms. The maximum Gasteiger partial charge on any atom is -0.00147 e. The average molecular weight is 221 g/mol. The molecule has 1 heteroatoms. The normalized spacial score (nSPS) is 31.8. The first-order valence-electron chi connectivity index (χ1n) is 7.14. The van der Waals surface area contributed by atoms with Crippen molar-refractivity contribution in [1.29, 1.82) is 0 Å². The predicted octanol–water partition coefficient (Wildman–Crippen LogP) is 3.61. The number of hydrogen-bond donors (Lipinski definition) is 1. The van der Waals surface area contributed by atoms with Crippen molar-refractivity contribution in [2.45, 2.75) is 46.0 Å². The Morgan fingerprint density at radius 2 is 2.06 bits per heavy atom. The lowest BCUT2D eigenvalue weighted by atomic mass is 9.93. The largest absolute Gasteiger partial charge is 0.316 e. The van der Waals surface area contributed by atoms with Crippen LogP contribution in [0.5, 0.6) is 0 Å². The lowest BCUT2D eigenvalue weighted by molar-refractivity contribution is 0.408. The van der Waals surface area contributed by atoms with Crippen molar-refractivity contribution in [2.24, 2.45) is 23.7 Å². The van der Waals surface area contributed by atoms with Gasteiger partial charge >= 0.3 is 0 Å². The summed E-state index contributed by atoms with van der Waals surface area (Å²) in [6.45, 7) is 7.11. The lowest BCUT2D eigenvalue weighted by Crippen LogP contribution is -2.26. The topological polar surface area (TPSA) is 12.0 Å². The second-order valence-corrected chi connectivity index (χ2v) is 6.13. The molecule has 3 unspecified atom stereocenters. The fourth-order valence-electron chi connectivity index (χ4n) is 3.22. The minimum atomic E-state index is 0.871. The highest BCUT2D eigenvalue weighted by molar-refractivity contribution is 5.10. The molecule has 1 nitrogen and oxygen atoms in total. The van der Waals surface area contributed by atoms with Gasteiger partial charge in [0.15, 0.2) is 0 Å². The molecule has 2 aliphatic rings. The van der Waals surface area contributed by atoms with Gasteiger partial charge in [-0.25, -0.2) is 0 Å². The van der Waals surface area contributed by atoms with Gasteiger partial charge in [-0.1, -0.05) is 38.8 Å². The molecule has 92 valence electrons. The van der Waals surface area contributed by atoms with E-state index in [9.17, 15) is 0 Å². The van der Waals surface area contributed by atoms with Crippen LogP contribution in [0.15, 0.2) is 12.2 Å². The summed E-state index contributed by atoms with van der Waals surface area (Å²) < 4.78 is 0. The summed E-state index contributed by atoms with van der Waals surface area (Å²) in [7, 11) is 0. The molecule has 2 aliphatic carbocycles. The maximum absolute atomic E-state index is 3.65. The van der Waals surface area contributed by atoms with Crippen molar-refractivity contribution in [2.75, 3.05) is 13.1 Å². The second-order valence-electron chi connectivity index (χ2n) is 6.13. The third-order valence-corrected chi connectivity index (χ3v) is 4.21. The summed E-state index contributed by atoms with van der Waals surface area (Å²) in [6.07, 6.45) is 11.9. The minimum Gasteiger partial charge on any atom is -0.316 e. The predicted molar refractivity (Wildman–Crippen MR) is 70.4 cm³/mol. The van der Waals surface area contributed by atoms with Crippen molar-refractivity contribution >= 4 is 0 Å². The van der Waals surface area contributed by atoms with Gasteiger partial charge in [-0.15, -0.1) is 0 Å². The van der Waals surface area contributed by atoms with E-state index in [0.717, 1.165) is 23.7 Å². The van der Waals surface area contributed by atoms with E-state index in [1.54, 1.807) is 0 Å². The van der Waals surface area contributed by atoms with Gasteiger partial charge in [0.25, 0.3) is 0 Å². The number of fused-ring (bicyclic) bond motifs is 2. The van der Waals surface area contributed by atoms with Crippen LogP contribution in [0.1, 0.15) is 46.0 Å². The zero-order valence-electron chi connectivity index (χ0n) is 10.9. The quantitative estimate of drug-likeness (QED) is 0.511. The van der Waals surface area contributed by atoms with Crippen LogP contribution in [0.3, 0.4) is 0 Å². The molecule has 0 aliphatic heterocycles. The fraction of sp³-hybridized carbons (Fsp3) is 0.867. The standard InChI is InChI=1S/C15H27N/c1-12(2)5-3-4-8-16-11-15-10-13-6-7-14(15)9-13/h6-7,12-16H,3-5,8-11H2,1-2H3. The summed E-state index contributed by atoms with van der Waals surface area (Å²) in [5, 5.41) is 3.65. The van der Waals surface area contributed by atoms with Crippen molar-refractivity contribution < 1.29 is 0 Å². The van der Waals surface area contributed by atoms with Crippen LogP contribution in [0.2, 0.25) is 0 Å². The van der Waals surface area contributed by atoms with Crippen LogP contribution in [0.4, 0.5) is 0 Å². The zero-order chi connectivity index (χ0) is 11.4. The van der Waals surface area contributed by atoms with Gasteiger partial charge in [0.1, 0.15) is 0 Å². The van der Waals surface area contributed by atoms with Gasteiger partial charge in [0, 0.05) is 0 Å². The highest BCUT2D eigenvalue weighted by Crippen LogP contribution is 2.42. The van der Waals surface area contributed by atoms with Gasteiger partial charge in [-0.2, -0.15) is 0 Å². The number of hydrogen-bond acceptors (Lipinski definition) is 1. The van der Waals surface area contributed by atoms with E-state index < -0.39 is 0 Å². The first-order chi connectivity index (χ1) is 7.75. The molecule has 0 aromatic carbocycles. The minimum absolute atomic E-state index is 0.871. The number of allylic oxidation sites excluding steroid dienone is 2. The summed E-state index contributed by atoms with van der Waals surface area (Å²) in [5.41, 5.74) is 0. The molecule has 2 rings (SSSR count). The van der Waals surface area contributed by atoms with Crippen molar-refractivity contribution in [1.82, 2.24) is 5.32 Å². The molecule has 0 saturated heterocycles. The molecule has 1 N–H and O–H groups in total. The Hall–Kier alpha value is -0.300. The van der Waals surface area contributed by atoms with Gasteiger partial charge in [-0.3, -0.25) is 0 Å². The Balaban J connectivity index is 1.48. The summed E-state index contributed by atoms with van der Waals surface area (Å²) >= 11 is 0. The molecule has 0 radical (unpaired) electrons. The molecule has 1 saturated carbocycles. The van der Waals surface area contributed by atoms with Crippen LogP contribution in [0.25, 0.3) is 0 Å². The van der Waals surface area contributed by atoms with Crippen molar-refractivity contribution in [3.05, 3.63) is 12.2 Å². The average Bonchev–Trinajstić information content (AvgIpc) is 2.84. The SMILES string of the molecule is CC(C)CCCCNCC1CC2C=CC1C2. The van der Waals surface area contributed by atoms with Crippen LogP contribution >= 0.6 is 0 Å². The van der Waals surface area contributed by atoms with Gasteiger partial charge in [0.2, 0.25) is 0 Å². The summed E-state index contributed by atoms with van der Waals surface area (Å²) in [5.74, 6) is 3.65. The Morgan fingerprint density at radius 1 is 1.19 bits per heavy atom. The first-order valence-corrected chi connectivity index (χ1v) is 7.14. The maximum atomic E-state index is 3.65. The lowest BCUT2D eigenvalue weighted by Gasteiger charge is -2.18. The first kappa shape index (κ1) is 12.2. The van der Waals surface area contributed by atoms with Gasteiger partial charge in [-0.05, 0) is 56.0 Å². The van der Waals surface area contributed by atoms with Gasteiger partial charge in [0.05, 0.1) is 0 Å². The number of rotatable bonds is 7. The van der Waals surface area contributed by atoms with Crippen LogP contribution < -0.4 is 5.32 Å². The Kier molecular flexibility index (Phi) is 4.45. The van der Waals surface area contributed by atoms with E-state index in [1.807, 2.05) is 0 Å². The van der Waals surface area contributed by atoms with Crippen LogP contribution in [-0.4, -0.2) is 13.1 Å². The highest BCUT2D eigenvalue weighted by Gasteiger charge is 2.34. The number of unbranched alkanes of at least 4 members (excludes halogenated alkanes) is 1. The third-order valence-electron chi connectivity index (χ3n) is 4.21. The molecule has 0 aromatic heterocycles. The van der Waals surface area contributed by atoms with Crippen molar-refractivity contribution in [3.63, 3.8) is 0 Å². The monoisotopic (exact) mass is 221 g/mol. The molecule has 3 atom stereocenters. The summed E-state index contributed by atoms with van der Waals surface area (Å²) in [4.78, 5) is 0. The Labute approximate surface area is 101 Å². The fourth-order valence-corrected chi connectivity index (χ4v) is 3.22. The molecule has 1 fully saturated rings. The molecule has 0 heterocycles. The van der Waals surface area contributed by atoms with E-state index in [4.69, 9.17) is 0 Å². The molecular weight excluding hydrogens is 194 g/mol. The number of nitrogens with one attached hydrogen (secondary N) is 1. The van der Waals surface area contributed by atoms with E-state index in [1.165, 1.54) is 45.2 Å². The second kappa shape index (κ2) is 5.86. The highest BCUT2D eigenvalue weighted by atomic mass is 14.9. The van der Waals surface area contributed by atoms with Gasteiger partial charge < -0.3 is 5.32 Å². The van der Waals surface area contributed by atoms with Crippen LogP contribution in [-0.2, 0) is 0 Å². The summed E-state index contributed by atoms with van der Waals surface area (Å²) in [6, 6.07) is 0. The van der Waals surface area contributed by atoms with Crippen molar-refractivity contribution in [3.8, 4) is 0 Å². The molecule has 2 bridgehead atoms.